The van der Waals surface area contributed by atoms with Crippen molar-refractivity contribution in [3.05, 3.63) is 23.8 Å². The highest BCUT2D eigenvalue weighted by molar-refractivity contribution is 6.01. The van der Waals surface area contributed by atoms with E-state index < -0.39 is 24.2 Å². The van der Waals surface area contributed by atoms with Gasteiger partial charge in [-0.05, 0) is 26.0 Å². The molecule has 8 nitrogen and oxygen atoms in total. The monoisotopic (exact) mass is 341 g/mol. The van der Waals surface area contributed by atoms with E-state index in [-0.39, 0.29) is 30.3 Å². The number of rotatable bonds is 10. The van der Waals surface area contributed by atoms with Crippen molar-refractivity contribution in [1.82, 2.24) is 5.32 Å². The third-order valence-electron chi connectivity index (χ3n) is 3.14. The van der Waals surface area contributed by atoms with Crippen molar-refractivity contribution in [2.45, 2.75) is 26.2 Å². The molecule has 0 aliphatic carbocycles. The molecule has 0 saturated carbocycles. The van der Waals surface area contributed by atoms with Crippen molar-refractivity contribution >= 4 is 11.9 Å². The highest BCUT2D eigenvalue weighted by atomic mass is 16.7. The van der Waals surface area contributed by atoms with Crippen molar-refractivity contribution < 1.29 is 33.6 Å². The lowest BCUT2D eigenvalue weighted by molar-refractivity contribution is -0.173. The smallest absolute Gasteiger partial charge is 0.331 e. The highest BCUT2D eigenvalue weighted by Gasteiger charge is 2.33. The fourth-order valence-electron chi connectivity index (χ4n) is 2.10. The van der Waals surface area contributed by atoms with Gasteiger partial charge < -0.3 is 29.4 Å². The lowest BCUT2D eigenvalue weighted by Gasteiger charge is -2.25. The van der Waals surface area contributed by atoms with E-state index in [4.69, 9.17) is 18.9 Å². The topological polar surface area (TPSA) is 103 Å². The van der Waals surface area contributed by atoms with Gasteiger partial charge in [-0.1, -0.05) is 6.07 Å². The number of carboxylic acid groups (broad SMARTS) is 1. The molecule has 1 unspecified atom stereocenters. The minimum absolute atomic E-state index is 0.0977. The van der Waals surface area contributed by atoms with Gasteiger partial charge in [0, 0.05) is 13.2 Å². The van der Waals surface area contributed by atoms with Crippen LogP contribution in [0.15, 0.2) is 18.2 Å². The molecule has 0 radical (unpaired) electrons. The van der Waals surface area contributed by atoms with Crippen LogP contribution in [0.1, 0.15) is 24.2 Å². The number of aliphatic carboxylic acids is 1. The standard InChI is InChI=1S/C16H23NO7/c1-5-23-16(24-6-2)13(15(19)20)17-14(18)12-10(21-3)8-7-9-11(12)22-4/h7-9,13,16H,5-6H2,1-4H3,(H,17,18)(H,19,20). The van der Waals surface area contributed by atoms with Crippen molar-refractivity contribution in [2.75, 3.05) is 27.4 Å². The van der Waals surface area contributed by atoms with Crippen molar-refractivity contribution in [2.24, 2.45) is 0 Å². The van der Waals surface area contributed by atoms with Crippen LogP contribution in [0.3, 0.4) is 0 Å². The zero-order valence-electron chi connectivity index (χ0n) is 14.2. The summed E-state index contributed by atoms with van der Waals surface area (Å²) in [5, 5.41) is 11.8. The van der Waals surface area contributed by atoms with Gasteiger partial charge in [0.05, 0.1) is 14.2 Å². The Morgan fingerprint density at radius 3 is 1.96 bits per heavy atom. The SMILES string of the molecule is CCOC(OCC)C(NC(=O)c1c(OC)cccc1OC)C(=O)O. The minimum Gasteiger partial charge on any atom is -0.496 e. The second-order valence-corrected chi connectivity index (χ2v) is 4.61. The third-order valence-corrected chi connectivity index (χ3v) is 3.14. The number of hydrogen-bond donors (Lipinski definition) is 2. The molecule has 0 saturated heterocycles. The quantitative estimate of drug-likeness (QED) is 0.618. The Morgan fingerprint density at radius 1 is 1.08 bits per heavy atom. The summed E-state index contributed by atoms with van der Waals surface area (Å²) >= 11 is 0. The van der Waals surface area contributed by atoms with E-state index in [1.165, 1.54) is 14.2 Å². The number of carbonyl (C=O) groups excluding carboxylic acids is 1. The number of methoxy groups -OCH3 is 2. The van der Waals surface area contributed by atoms with Gasteiger partial charge >= 0.3 is 5.97 Å². The van der Waals surface area contributed by atoms with E-state index in [2.05, 4.69) is 5.32 Å². The lowest BCUT2D eigenvalue weighted by Crippen LogP contribution is -2.51. The maximum absolute atomic E-state index is 12.6. The summed E-state index contributed by atoms with van der Waals surface area (Å²) < 4.78 is 20.9. The summed E-state index contributed by atoms with van der Waals surface area (Å²) in [6, 6.07) is 3.43. The van der Waals surface area contributed by atoms with Crippen LogP contribution in [-0.2, 0) is 14.3 Å². The average Bonchev–Trinajstić information content (AvgIpc) is 2.58. The molecular weight excluding hydrogens is 318 g/mol. The van der Waals surface area contributed by atoms with Crippen LogP contribution in [0.2, 0.25) is 0 Å². The first-order valence-corrected chi connectivity index (χ1v) is 7.47. The van der Waals surface area contributed by atoms with Crippen LogP contribution in [0, 0.1) is 0 Å². The van der Waals surface area contributed by atoms with E-state index >= 15 is 0 Å². The van der Waals surface area contributed by atoms with Gasteiger partial charge in [0.25, 0.3) is 5.91 Å². The Bertz CT molecular complexity index is 533. The van der Waals surface area contributed by atoms with Gasteiger partial charge in [-0.15, -0.1) is 0 Å². The number of carboxylic acids is 1. The second kappa shape index (κ2) is 9.74. The first-order chi connectivity index (χ1) is 11.5. The third kappa shape index (κ3) is 4.84. The number of nitrogens with one attached hydrogen (secondary N) is 1. The molecule has 1 rings (SSSR count). The molecule has 0 bridgehead atoms. The Hall–Kier alpha value is -2.32. The molecule has 0 heterocycles. The van der Waals surface area contributed by atoms with E-state index in [0.29, 0.717) is 0 Å². The summed E-state index contributed by atoms with van der Waals surface area (Å²) in [6.07, 6.45) is -1.11. The van der Waals surface area contributed by atoms with E-state index in [1.54, 1.807) is 32.0 Å². The van der Waals surface area contributed by atoms with Crippen LogP contribution in [-0.4, -0.2) is 56.7 Å². The number of benzene rings is 1. The van der Waals surface area contributed by atoms with Gasteiger partial charge in [0.1, 0.15) is 17.1 Å². The first kappa shape index (κ1) is 19.7. The van der Waals surface area contributed by atoms with Gasteiger partial charge in [0.15, 0.2) is 12.3 Å². The normalized spacial score (nSPS) is 11.9. The molecule has 1 amide bonds. The van der Waals surface area contributed by atoms with E-state index in [0.717, 1.165) is 0 Å². The molecule has 1 atom stereocenters. The predicted molar refractivity (Wildman–Crippen MR) is 85.5 cm³/mol. The van der Waals surface area contributed by atoms with Gasteiger partial charge in [0.2, 0.25) is 0 Å². The largest absolute Gasteiger partial charge is 0.496 e. The van der Waals surface area contributed by atoms with Gasteiger partial charge in [-0.3, -0.25) is 4.79 Å². The van der Waals surface area contributed by atoms with Gasteiger partial charge in [-0.25, -0.2) is 4.79 Å². The molecule has 134 valence electrons. The molecule has 0 aromatic heterocycles. The summed E-state index contributed by atoms with van der Waals surface area (Å²) in [6.45, 7) is 3.89. The average molecular weight is 341 g/mol. The predicted octanol–water partition coefficient (Wildman–Crippen LogP) is 1.29. The van der Waals surface area contributed by atoms with Crippen LogP contribution in [0.25, 0.3) is 0 Å². The molecule has 0 fully saturated rings. The molecular formula is C16H23NO7. The van der Waals surface area contributed by atoms with Crippen molar-refractivity contribution in [1.29, 1.82) is 0 Å². The van der Waals surface area contributed by atoms with Crippen LogP contribution in [0.5, 0.6) is 11.5 Å². The number of carbonyl (C=O) groups is 2. The fraction of sp³-hybridized carbons (Fsp3) is 0.500. The van der Waals surface area contributed by atoms with Crippen molar-refractivity contribution in [3.63, 3.8) is 0 Å². The maximum Gasteiger partial charge on any atom is 0.331 e. The van der Waals surface area contributed by atoms with Crippen LogP contribution < -0.4 is 14.8 Å². The second-order valence-electron chi connectivity index (χ2n) is 4.61. The zero-order chi connectivity index (χ0) is 18.1. The molecule has 8 heteroatoms. The lowest BCUT2D eigenvalue weighted by atomic mass is 10.1. The number of ether oxygens (including phenoxy) is 4. The number of hydrogen-bond acceptors (Lipinski definition) is 6. The van der Waals surface area contributed by atoms with E-state index in [1.807, 2.05) is 0 Å². The molecule has 1 aromatic carbocycles. The Labute approximate surface area is 140 Å². The first-order valence-electron chi connectivity index (χ1n) is 7.47. The Balaban J connectivity index is 3.11. The van der Waals surface area contributed by atoms with Crippen molar-refractivity contribution in [3.8, 4) is 11.5 Å². The Morgan fingerprint density at radius 2 is 1.58 bits per heavy atom. The van der Waals surface area contributed by atoms with Gasteiger partial charge in [-0.2, -0.15) is 0 Å². The molecule has 1 aromatic rings. The fourth-order valence-corrected chi connectivity index (χ4v) is 2.10. The minimum atomic E-state index is -1.38. The summed E-state index contributed by atoms with van der Waals surface area (Å²) in [5.41, 5.74) is 0.0977. The molecule has 0 aliphatic heterocycles. The molecule has 0 aliphatic rings. The van der Waals surface area contributed by atoms with Crippen LogP contribution >= 0.6 is 0 Å². The zero-order valence-corrected chi connectivity index (χ0v) is 14.2. The Kier molecular flexibility index (Phi) is 8.00. The highest BCUT2D eigenvalue weighted by Crippen LogP contribution is 2.28. The van der Waals surface area contributed by atoms with E-state index in [9.17, 15) is 14.7 Å². The summed E-state index contributed by atoms with van der Waals surface area (Å²) in [4.78, 5) is 24.1. The van der Waals surface area contributed by atoms with Crippen LogP contribution in [0.4, 0.5) is 0 Å². The summed E-state index contributed by atoms with van der Waals surface area (Å²) in [5.74, 6) is -1.41. The molecule has 2 N–H and O–H groups in total. The molecule has 24 heavy (non-hydrogen) atoms. The maximum atomic E-state index is 12.6. The summed E-state index contributed by atoms with van der Waals surface area (Å²) in [7, 11) is 2.81. The number of amides is 1. The molecule has 0 spiro atoms.